The highest BCUT2D eigenvalue weighted by molar-refractivity contribution is 6.31. The molecule has 3 aromatic rings. The predicted octanol–water partition coefficient (Wildman–Crippen LogP) is 5.09. The molecule has 0 radical (unpaired) electrons. The lowest BCUT2D eigenvalue weighted by molar-refractivity contribution is 0.415. The van der Waals surface area contributed by atoms with Crippen molar-refractivity contribution in [1.29, 1.82) is 0 Å². The van der Waals surface area contributed by atoms with Crippen molar-refractivity contribution < 1.29 is 4.74 Å². The Kier molecular flexibility index (Phi) is 5.12. The van der Waals surface area contributed by atoms with E-state index in [9.17, 15) is 0 Å². The van der Waals surface area contributed by atoms with Crippen LogP contribution in [0.2, 0.25) is 5.02 Å². The zero-order valence-corrected chi connectivity index (χ0v) is 14.9. The van der Waals surface area contributed by atoms with E-state index in [2.05, 4.69) is 30.1 Å². The molecule has 1 heterocycles. The number of hydrogen-bond acceptors (Lipinski definition) is 2. The summed E-state index contributed by atoms with van der Waals surface area (Å²) in [6.45, 7) is 2.81. The van der Waals surface area contributed by atoms with E-state index in [1.54, 1.807) is 7.11 Å². The van der Waals surface area contributed by atoms with Crippen molar-refractivity contribution in [3.63, 3.8) is 0 Å². The summed E-state index contributed by atoms with van der Waals surface area (Å²) >= 11 is 6.31. The van der Waals surface area contributed by atoms with Gasteiger partial charge in [0, 0.05) is 27.2 Å². The zero-order chi connectivity index (χ0) is 17.1. The highest BCUT2D eigenvalue weighted by Crippen LogP contribution is 2.35. The molecule has 0 saturated carbocycles. The van der Waals surface area contributed by atoms with Gasteiger partial charge in [0.15, 0.2) is 0 Å². The van der Waals surface area contributed by atoms with Gasteiger partial charge < -0.3 is 15.5 Å². The predicted molar refractivity (Wildman–Crippen MR) is 102 cm³/mol. The molecule has 24 heavy (non-hydrogen) atoms. The molecular weight excluding hydrogens is 320 g/mol. The molecule has 0 saturated heterocycles. The Morgan fingerprint density at radius 2 is 2.00 bits per heavy atom. The average Bonchev–Trinajstić information content (AvgIpc) is 2.94. The molecule has 0 aliphatic heterocycles. The van der Waals surface area contributed by atoms with Crippen molar-refractivity contribution >= 4 is 22.5 Å². The van der Waals surface area contributed by atoms with Gasteiger partial charge in [-0.2, -0.15) is 0 Å². The van der Waals surface area contributed by atoms with Gasteiger partial charge in [-0.15, -0.1) is 0 Å². The van der Waals surface area contributed by atoms with Crippen LogP contribution in [0.3, 0.4) is 0 Å². The SMILES string of the molecule is COc1cccc(-c2[nH]c3c(C)cc(Cl)cc3c2CCCCN)c1. The van der Waals surface area contributed by atoms with Gasteiger partial charge in [-0.3, -0.25) is 0 Å². The van der Waals surface area contributed by atoms with E-state index in [-0.39, 0.29) is 0 Å². The average molecular weight is 343 g/mol. The molecular formula is C20H23ClN2O. The van der Waals surface area contributed by atoms with E-state index < -0.39 is 0 Å². The second-order valence-corrected chi connectivity index (χ2v) is 6.54. The number of aromatic nitrogens is 1. The number of hydrogen-bond donors (Lipinski definition) is 2. The molecule has 0 aliphatic carbocycles. The number of aryl methyl sites for hydroxylation is 2. The van der Waals surface area contributed by atoms with Gasteiger partial charge in [0.05, 0.1) is 7.11 Å². The maximum Gasteiger partial charge on any atom is 0.119 e. The molecule has 0 spiro atoms. The topological polar surface area (TPSA) is 51.0 Å². The number of ether oxygens (including phenoxy) is 1. The second-order valence-electron chi connectivity index (χ2n) is 6.10. The van der Waals surface area contributed by atoms with Crippen LogP contribution in [-0.4, -0.2) is 18.6 Å². The standard InChI is InChI=1S/C20H23ClN2O/c1-13-10-15(21)12-18-17(8-3-4-9-22)20(23-19(13)18)14-6-5-7-16(11-14)24-2/h5-7,10-12,23H,3-4,8-9,22H2,1-2H3. The van der Waals surface area contributed by atoms with Gasteiger partial charge in [-0.05, 0) is 68.1 Å². The molecule has 0 bridgehead atoms. The van der Waals surface area contributed by atoms with Crippen LogP contribution in [0.15, 0.2) is 36.4 Å². The Morgan fingerprint density at radius 1 is 1.17 bits per heavy atom. The van der Waals surface area contributed by atoms with Crippen molar-refractivity contribution in [3.05, 3.63) is 52.5 Å². The minimum absolute atomic E-state index is 0.719. The minimum atomic E-state index is 0.719. The highest BCUT2D eigenvalue weighted by atomic mass is 35.5. The molecule has 2 aromatic carbocycles. The van der Waals surface area contributed by atoms with Gasteiger partial charge >= 0.3 is 0 Å². The van der Waals surface area contributed by atoms with Crippen LogP contribution >= 0.6 is 11.6 Å². The lowest BCUT2D eigenvalue weighted by Gasteiger charge is -2.07. The van der Waals surface area contributed by atoms with E-state index in [1.807, 2.05) is 18.2 Å². The van der Waals surface area contributed by atoms with Gasteiger partial charge in [0.1, 0.15) is 5.75 Å². The van der Waals surface area contributed by atoms with Gasteiger partial charge in [0.2, 0.25) is 0 Å². The van der Waals surface area contributed by atoms with Crippen LogP contribution in [0.25, 0.3) is 22.2 Å². The van der Waals surface area contributed by atoms with Crippen molar-refractivity contribution in [2.45, 2.75) is 26.2 Å². The highest BCUT2D eigenvalue weighted by Gasteiger charge is 2.15. The quantitative estimate of drug-likeness (QED) is 0.613. The first-order chi connectivity index (χ1) is 11.6. The molecule has 3 N–H and O–H groups in total. The Balaban J connectivity index is 2.17. The van der Waals surface area contributed by atoms with Crippen LogP contribution in [0, 0.1) is 6.92 Å². The number of aromatic amines is 1. The minimum Gasteiger partial charge on any atom is -0.497 e. The molecule has 0 atom stereocenters. The number of nitrogens with one attached hydrogen (secondary N) is 1. The Morgan fingerprint density at radius 3 is 2.75 bits per heavy atom. The lowest BCUT2D eigenvalue weighted by Crippen LogP contribution is -1.99. The van der Waals surface area contributed by atoms with E-state index in [4.69, 9.17) is 22.1 Å². The summed E-state index contributed by atoms with van der Waals surface area (Å²) in [5.74, 6) is 0.855. The third-order valence-corrected chi connectivity index (χ3v) is 4.63. The van der Waals surface area contributed by atoms with Crippen LogP contribution < -0.4 is 10.5 Å². The van der Waals surface area contributed by atoms with Crippen molar-refractivity contribution in [2.24, 2.45) is 5.73 Å². The Hall–Kier alpha value is -1.97. The number of H-pyrrole nitrogens is 1. The monoisotopic (exact) mass is 342 g/mol. The van der Waals surface area contributed by atoms with Crippen LogP contribution in [0.5, 0.6) is 5.75 Å². The number of unbranched alkanes of at least 4 members (excludes halogenated alkanes) is 1. The molecule has 4 heteroatoms. The summed E-state index contributed by atoms with van der Waals surface area (Å²) in [6, 6.07) is 12.2. The van der Waals surface area contributed by atoms with E-state index in [1.165, 1.54) is 10.9 Å². The summed E-state index contributed by atoms with van der Waals surface area (Å²) in [5, 5.41) is 1.98. The largest absolute Gasteiger partial charge is 0.497 e. The molecule has 3 nitrogen and oxygen atoms in total. The first-order valence-electron chi connectivity index (χ1n) is 8.29. The fraction of sp³-hybridized carbons (Fsp3) is 0.300. The molecule has 0 fully saturated rings. The Labute approximate surface area is 147 Å². The number of fused-ring (bicyclic) bond motifs is 1. The molecule has 0 amide bonds. The molecule has 0 aliphatic rings. The summed E-state index contributed by atoms with van der Waals surface area (Å²) in [6.07, 6.45) is 3.05. The van der Waals surface area contributed by atoms with E-state index in [0.29, 0.717) is 0 Å². The van der Waals surface area contributed by atoms with Crippen LogP contribution in [0.1, 0.15) is 24.0 Å². The fourth-order valence-electron chi connectivity index (χ4n) is 3.21. The van der Waals surface area contributed by atoms with Gasteiger partial charge in [-0.1, -0.05) is 23.7 Å². The zero-order valence-electron chi connectivity index (χ0n) is 14.2. The third-order valence-electron chi connectivity index (χ3n) is 4.42. The fourth-order valence-corrected chi connectivity index (χ4v) is 3.49. The molecule has 126 valence electrons. The second kappa shape index (κ2) is 7.29. The number of rotatable bonds is 6. The summed E-state index contributed by atoms with van der Waals surface area (Å²) in [5.41, 5.74) is 11.6. The maximum absolute atomic E-state index is 6.31. The Bertz CT molecular complexity index is 854. The van der Waals surface area contributed by atoms with Gasteiger partial charge in [-0.25, -0.2) is 0 Å². The van der Waals surface area contributed by atoms with Crippen molar-refractivity contribution in [2.75, 3.05) is 13.7 Å². The summed E-state index contributed by atoms with van der Waals surface area (Å²) in [7, 11) is 1.69. The third kappa shape index (κ3) is 3.28. The first kappa shape index (κ1) is 16.9. The summed E-state index contributed by atoms with van der Waals surface area (Å²) < 4.78 is 5.38. The van der Waals surface area contributed by atoms with E-state index >= 15 is 0 Å². The number of methoxy groups -OCH3 is 1. The number of benzene rings is 2. The molecule has 3 rings (SSSR count). The number of nitrogens with two attached hydrogens (primary N) is 1. The van der Waals surface area contributed by atoms with Crippen molar-refractivity contribution in [1.82, 2.24) is 4.98 Å². The van der Waals surface area contributed by atoms with Crippen molar-refractivity contribution in [3.8, 4) is 17.0 Å². The van der Waals surface area contributed by atoms with Gasteiger partial charge in [0.25, 0.3) is 0 Å². The van der Waals surface area contributed by atoms with Crippen LogP contribution in [0.4, 0.5) is 0 Å². The summed E-state index contributed by atoms with van der Waals surface area (Å²) in [4.78, 5) is 3.61. The molecule has 1 aromatic heterocycles. The molecule has 0 unspecified atom stereocenters. The lowest BCUT2D eigenvalue weighted by atomic mass is 9.99. The first-order valence-corrected chi connectivity index (χ1v) is 8.67. The normalized spacial score (nSPS) is 11.2. The smallest absolute Gasteiger partial charge is 0.119 e. The number of halogens is 1. The van der Waals surface area contributed by atoms with E-state index in [0.717, 1.165) is 58.9 Å². The maximum atomic E-state index is 6.31. The van der Waals surface area contributed by atoms with Crippen LogP contribution in [-0.2, 0) is 6.42 Å².